The SMILES string of the molecule is CCOc1cc(COc2ccc(Cl)cc2/C=C(/C#N)C(=O)Nc2ccccc2C)ccc1OCc1ccccc1. The molecule has 6 nitrogen and oxygen atoms in total. The van der Waals surface area contributed by atoms with Gasteiger partial charge in [-0.15, -0.1) is 0 Å². The van der Waals surface area contributed by atoms with Crippen LogP contribution in [-0.4, -0.2) is 12.5 Å². The predicted molar refractivity (Wildman–Crippen MR) is 158 cm³/mol. The average Bonchev–Trinajstić information content (AvgIpc) is 2.96. The number of halogens is 1. The highest BCUT2D eigenvalue weighted by Gasteiger charge is 2.14. The number of para-hydroxylation sites is 1. The molecule has 0 aromatic heterocycles. The van der Waals surface area contributed by atoms with Gasteiger partial charge in [-0.2, -0.15) is 5.26 Å². The fourth-order valence-corrected chi connectivity index (χ4v) is 4.08. The number of carbonyl (C=O) groups is 1. The quantitative estimate of drug-likeness (QED) is 0.152. The van der Waals surface area contributed by atoms with Crippen molar-refractivity contribution in [2.75, 3.05) is 11.9 Å². The fraction of sp³-hybridized carbons (Fsp3) is 0.152. The summed E-state index contributed by atoms with van der Waals surface area (Å²) in [5, 5.41) is 13.0. The van der Waals surface area contributed by atoms with Crippen molar-refractivity contribution in [2.24, 2.45) is 0 Å². The maximum absolute atomic E-state index is 12.8. The maximum Gasteiger partial charge on any atom is 0.266 e. The van der Waals surface area contributed by atoms with Crippen LogP contribution in [0.3, 0.4) is 0 Å². The van der Waals surface area contributed by atoms with Crippen LogP contribution in [0.5, 0.6) is 17.2 Å². The number of anilines is 1. The predicted octanol–water partition coefficient (Wildman–Crippen LogP) is 7.75. The van der Waals surface area contributed by atoms with Crippen LogP contribution < -0.4 is 19.5 Å². The lowest BCUT2D eigenvalue weighted by Crippen LogP contribution is -2.14. The lowest BCUT2D eigenvalue weighted by molar-refractivity contribution is -0.112. The minimum absolute atomic E-state index is 0.0751. The van der Waals surface area contributed by atoms with E-state index in [1.54, 1.807) is 24.3 Å². The van der Waals surface area contributed by atoms with Crippen LogP contribution in [0.15, 0.2) is 96.6 Å². The first-order valence-electron chi connectivity index (χ1n) is 12.8. The molecule has 0 unspecified atom stereocenters. The number of nitriles is 1. The molecule has 1 amide bonds. The maximum atomic E-state index is 12.8. The smallest absolute Gasteiger partial charge is 0.266 e. The number of hydrogen-bond donors (Lipinski definition) is 1. The summed E-state index contributed by atoms with van der Waals surface area (Å²) in [6.07, 6.45) is 1.47. The minimum Gasteiger partial charge on any atom is -0.490 e. The molecule has 40 heavy (non-hydrogen) atoms. The molecule has 0 aliphatic carbocycles. The van der Waals surface area contributed by atoms with E-state index in [1.165, 1.54) is 6.08 Å². The van der Waals surface area contributed by atoms with Gasteiger partial charge in [0.05, 0.1) is 6.61 Å². The van der Waals surface area contributed by atoms with Gasteiger partial charge in [-0.1, -0.05) is 66.2 Å². The number of hydrogen-bond acceptors (Lipinski definition) is 5. The van der Waals surface area contributed by atoms with E-state index in [2.05, 4.69) is 5.32 Å². The molecule has 0 saturated carbocycles. The molecule has 0 fully saturated rings. The summed E-state index contributed by atoms with van der Waals surface area (Å²) in [4.78, 5) is 12.8. The van der Waals surface area contributed by atoms with Gasteiger partial charge in [-0.05, 0) is 73.0 Å². The molecule has 0 spiro atoms. The van der Waals surface area contributed by atoms with E-state index in [0.717, 1.165) is 16.7 Å². The first-order chi connectivity index (χ1) is 19.5. The number of aryl methyl sites for hydroxylation is 1. The second kappa shape index (κ2) is 13.9. The molecule has 0 bridgehead atoms. The van der Waals surface area contributed by atoms with Gasteiger partial charge in [0, 0.05) is 16.3 Å². The highest BCUT2D eigenvalue weighted by molar-refractivity contribution is 6.30. The van der Waals surface area contributed by atoms with Crippen molar-refractivity contribution < 1.29 is 19.0 Å². The van der Waals surface area contributed by atoms with Gasteiger partial charge in [-0.25, -0.2) is 0 Å². The van der Waals surface area contributed by atoms with Crippen molar-refractivity contribution in [2.45, 2.75) is 27.1 Å². The zero-order valence-electron chi connectivity index (χ0n) is 22.3. The topological polar surface area (TPSA) is 80.6 Å². The molecule has 4 aromatic carbocycles. The number of rotatable bonds is 11. The monoisotopic (exact) mass is 552 g/mol. The zero-order valence-corrected chi connectivity index (χ0v) is 23.1. The molecule has 7 heteroatoms. The number of ether oxygens (including phenoxy) is 3. The van der Waals surface area contributed by atoms with Gasteiger partial charge in [0.15, 0.2) is 11.5 Å². The third-order valence-electron chi connectivity index (χ3n) is 5.97. The van der Waals surface area contributed by atoms with Gasteiger partial charge >= 0.3 is 0 Å². The Morgan fingerprint density at radius 3 is 2.30 bits per heavy atom. The normalized spacial score (nSPS) is 10.9. The first-order valence-corrected chi connectivity index (χ1v) is 13.2. The summed E-state index contributed by atoms with van der Waals surface area (Å²) in [5.41, 5.74) is 3.88. The van der Waals surface area contributed by atoms with E-state index in [1.807, 2.05) is 86.6 Å². The van der Waals surface area contributed by atoms with E-state index >= 15 is 0 Å². The molecule has 0 aliphatic heterocycles. The van der Waals surface area contributed by atoms with E-state index < -0.39 is 5.91 Å². The third kappa shape index (κ3) is 7.66. The van der Waals surface area contributed by atoms with Gasteiger partial charge in [0.1, 0.15) is 30.6 Å². The lowest BCUT2D eigenvalue weighted by atomic mass is 10.1. The van der Waals surface area contributed by atoms with Gasteiger partial charge in [-0.3, -0.25) is 4.79 Å². The summed E-state index contributed by atoms with van der Waals surface area (Å²) in [7, 11) is 0. The molecule has 202 valence electrons. The summed E-state index contributed by atoms with van der Waals surface area (Å²) < 4.78 is 17.9. The van der Waals surface area contributed by atoms with Crippen LogP contribution >= 0.6 is 11.6 Å². The van der Waals surface area contributed by atoms with Crippen LogP contribution in [0.2, 0.25) is 5.02 Å². The standard InChI is InChI=1S/C33H29ClN2O4/c1-3-38-32-17-25(13-15-31(32)40-21-24-10-5-4-6-11-24)22-39-30-16-14-28(34)19-26(30)18-27(20-35)33(37)36-29-12-8-7-9-23(29)2/h4-19H,3,21-22H2,1-2H3,(H,36,37)/b27-18-. The Kier molecular flexibility index (Phi) is 9.82. The Morgan fingerprint density at radius 2 is 1.55 bits per heavy atom. The molecule has 0 heterocycles. The van der Waals surface area contributed by atoms with Crippen LogP contribution in [0.1, 0.15) is 29.2 Å². The highest BCUT2D eigenvalue weighted by atomic mass is 35.5. The van der Waals surface area contributed by atoms with Crippen molar-refractivity contribution >= 4 is 29.3 Å². The van der Waals surface area contributed by atoms with E-state index in [0.29, 0.717) is 46.7 Å². The Balaban J connectivity index is 1.50. The van der Waals surface area contributed by atoms with Crippen molar-refractivity contribution in [1.82, 2.24) is 0 Å². The number of amides is 1. The van der Waals surface area contributed by atoms with Crippen LogP contribution in [0, 0.1) is 18.3 Å². The zero-order chi connectivity index (χ0) is 28.3. The Labute approximate surface area is 239 Å². The van der Waals surface area contributed by atoms with Crippen LogP contribution in [0.25, 0.3) is 6.08 Å². The van der Waals surface area contributed by atoms with Gasteiger partial charge in [0.25, 0.3) is 5.91 Å². The summed E-state index contributed by atoms with van der Waals surface area (Å²) in [6, 6.07) is 30.0. The average molecular weight is 553 g/mol. The van der Waals surface area contributed by atoms with Gasteiger partial charge in [0.2, 0.25) is 0 Å². The number of carbonyl (C=O) groups excluding carboxylic acids is 1. The third-order valence-corrected chi connectivity index (χ3v) is 6.20. The Bertz CT molecular complexity index is 1540. The lowest BCUT2D eigenvalue weighted by Gasteiger charge is -2.15. The molecule has 0 saturated heterocycles. The largest absolute Gasteiger partial charge is 0.490 e. The molecular formula is C33H29ClN2O4. The number of benzene rings is 4. The van der Waals surface area contributed by atoms with Crippen LogP contribution in [0.4, 0.5) is 5.69 Å². The van der Waals surface area contributed by atoms with Crippen molar-refractivity contribution in [1.29, 1.82) is 5.26 Å². The van der Waals surface area contributed by atoms with Crippen molar-refractivity contribution in [3.05, 3.63) is 124 Å². The Hall–Kier alpha value is -4.73. The molecule has 0 radical (unpaired) electrons. The van der Waals surface area contributed by atoms with Crippen molar-refractivity contribution in [3.8, 4) is 23.3 Å². The number of nitrogens with zero attached hydrogens (tertiary/aromatic N) is 1. The molecule has 1 N–H and O–H groups in total. The summed E-state index contributed by atoms with van der Waals surface area (Å²) in [6.45, 7) is 4.93. The second-order valence-corrected chi connectivity index (χ2v) is 9.33. The van der Waals surface area contributed by atoms with E-state index in [-0.39, 0.29) is 12.2 Å². The molecular weight excluding hydrogens is 524 g/mol. The first kappa shape index (κ1) is 28.3. The van der Waals surface area contributed by atoms with E-state index in [4.69, 9.17) is 25.8 Å². The van der Waals surface area contributed by atoms with Gasteiger partial charge < -0.3 is 19.5 Å². The molecule has 0 aliphatic rings. The Morgan fingerprint density at radius 1 is 0.850 bits per heavy atom. The molecule has 0 atom stereocenters. The summed E-state index contributed by atoms with van der Waals surface area (Å²) in [5.74, 6) is 1.22. The van der Waals surface area contributed by atoms with Crippen molar-refractivity contribution in [3.63, 3.8) is 0 Å². The number of nitrogens with one attached hydrogen (secondary N) is 1. The second-order valence-electron chi connectivity index (χ2n) is 8.90. The van der Waals surface area contributed by atoms with Crippen LogP contribution in [-0.2, 0) is 18.0 Å². The van der Waals surface area contributed by atoms with E-state index in [9.17, 15) is 10.1 Å². The fourth-order valence-electron chi connectivity index (χ4n) is 3.90. The molecule has 4 aromatic rings. The summed E-state index contributed by atoms with van der Waals surface area (Å²) >= 11 is 6.24. The molecule has 4 rings (SSSR count). The minimum atomic E-state index is -0.518. The highest BCUT2D eigenvalue weighted by Crippen LogP contribution is 2.31.